The first kappa shape index (κ1) is 10.4. The van der Waals surface area contributed by atoms with Crippen molar-refractivity contribution in [2.24, 2.45) is 5.92 Å². The van der Waals surface area contributed by atoms with Gasteiger partial charge in [-0.15, -0.1) is 0 Å². The molecule has 3 atom stereocenters. The molecule has 2 fully saturated rings. The summed E-state index contributed by atoms with van der Waals surface area (Å²) in [7, 11) is 4.40. The van der Waals surface area contributed by atoms with Crippen molar-refractivity contribution in [1.29, 1.82) is 0 Å². The summed E-state index contributed by atoms with van der Waals surface area (Å²) in [5, 5.41) is 3.36. The van der Waals surface area contributed by atoms with Crippen molar-refractivity contribution in [3.05, 3.63) is 0 Å². The molecule has 2 aliphatic heterocycles. The molecule has 2 bridgehead atoms. The molecule has 2 rings (SSSR count). The quantitative estimate of drug-likeness (QED) is 0.741. The topological polar surface area (TPSA) is 15.3 Å². The average Bonchev–Trinajstić information content (AvgIpc) is 2.42. The summed E-state index contributed by atoms with van der Waals surface area (Å²) in [5.41, 5.74) is 0. The molecule has 1 N–H and O–H groups in total. The zero-order valence-electron chi connectivity index (χ0n) is 9.79. The number of nitrogens with zero attached hydrogens (tertiary/aromatic N) is 1. The molecule has 82 valence electrons. The number of piperidine rings is 1. The van der Waals surface area contributed by atoms with Crippen LogP contribution in [0.4, 0.5) is 0 Å². The van der Waals surface area contributed by atoms with Crippen LogP contribution in [0.5, 0.6) is 0 Å². The van der Waals surface area contributed by atoms with Crippen LogP contribution in [-0.2, 0) is 0 Å². The van der Waals surface area contributed by atoms with E-state index in [0.717, 1.165) is 18.0 Å². The molecule has 0 spiro atoms. The number of rotatable bonds is 3. The Morgan fingerprint density at radius 2 is 1.86 bits per heavy atom. The Kier molecular flexibility index (Phi) is 3.13. The van der Waals surface area contributed by atoms with Gasteiger partial charge in [0.05, 0.1) is 0 Å². The highest BCUT2D eigenvalue weighted by molar-refractivity contribution is 4.93. The summed E-state index contributed by atoms with van der Waals surface area (Å²) in [6, 6.07) is 2.51. The van der Waals surface area contributed by atoms with Gasteiger partial charge in [-0.2, -0.15) is 0 Å². The van der Waals surface area contributed by atoms with Gasteiger partial charge in [0.2, 0.25) is 0 Å². The first-order valence-corrected chi connectivity index (χ1v) is 6.10. The van der Waals surface area contributed by atoms with E-state index in [2.05, 4.69) is 31.2 Å². The van der Waals surface area contributed by atoms with E-state index in [1.165, 1.54) is 32.1 Å². The van der Waals surface area contributed by atoms with Crippen LogP contribution >= 0.6 is 0 Å². The van der Waals surface area contributed by atoms with Crippen molar-refractivity contribution in [2.75, 3.05) is 14.1 Å². The van der Waals surface area contributed by atoms with Gasteiger partial charge in [-0.3, -0.25) is 0 Å². The van der Waals surface area contributed by atoms with E-state index in [9.17, 15) is 0 Å². The van der Waals surface area contributed by atoms with E-state index in [1.807, 2.05) is 0 Å². The first-order chi connectivity index (χ1) is 6.70. The largest absolute Gasteiger partial charge is 0.317 e. The second-order valence-electron chi connectivity index (χ2n) is 5.31. The second kappa shape index (κ2) is 4.19. The fourth-order valence-electron chi connectivity index (χ4n) is 3.33. The van der Waals surface area contributed by atoms with E-state index in [1.54, 1.807) is 0 Å². The van der Waals surface area contributed by atoms with Gasteiger partial charge in [0.1, 0.15) is 0 Å². The third kappa shape index (κ3) is 1.96. The highest BCUT2D eigenvalue weighted by atomic mass is 15.2. The number of hydrogen-bond donors (Lipinski definition) is 1. The summed E-state index contributed by atoms with van der Waals surface area (Å²) in [6.07, 6.45) is 7.16. The summed E-state index contributed by atoms with van der Waals surface area (Å²) in [6.45, 7) is 2.31. The van der Waals surface area contributed by atoms with E-state index in [0.29, 0.717) is 6.04 Å². The van der Waals surface area contributed by atoms with Gasteiger partial charge < -0.3 is 10.2 Å². The maximum atomic E-state index is 3.36. The van der Waals surface area contributed by atoms with Gasteiger partial charge in [-0.1, -0.05) is 0 Å². The van der Waals surface area contributed by atoms with Crippen LogP contribution in [0.3, 0.4) is 0 Å². The van der Waals surface area contributed by atoms with E-state index in [4.69, 9.17) is 0 Å². The molecule has 3 unspecified atom stereocenters. The molecule has 0 aromatic carbocycles. The van der Waals surface area contributed by atoms with Gasteiger partial charge in [0.25, 0.3) is 0 Å². The molecule has 2 aliphatic rings. The molecule has 0 aromatic rings. The third-order valence-corrected chi connectivity index (χ3v) is 4.38. The van der Waals surface area contributed by atoms with Crippen molar-refractivity contribution < 1.29 is 0 Å². The second-order valence-corrected chi connectivity index (χ2v) is 5.31. The maximum Gasteiger partial charge on any atom is 0.00983 e. The van der Waals surface area contributed by atoms with Crippen molar-refractivity contribution in [3.8, 4) is 0 Å². The Morgan fingerprint density at radius 3 is 2.36 bits per heavy atom. The lowest BCUT2D eigenvalue weighted by Crippen LogP contribution is -2.41. The molecule has 0 aliphatic carbocycles. The van der Waals surface area contributed by atoms with Gasteiger partial charge >= 0.3 is 0 Å². The number of hydrogen-bond acceptors (Lipinski definition) is 2. The van der Waals surface area contributed by atoms with Crippen LogP contribution in [0.15, 0.2) is 0 Å². The summed E-state index contributed by atoms with van der Waals surface area (Å²) in [5.74, 6) is 0.978. The van der Waals surface area contributed by atoms with Gasteiger partial charge in [-0.05, 0) is 59.0 Å². The smallest absolute Gasteiger partial charge is 0.00983 e. The predicted molar refractivity (Wildman–Crippen MR) is 60.4 cm³/mol. The number of fused-ring (bicyclic) bond motifs is 2. The van der Waals surface area contributed by atoms with Crippen LogP contribution in [0.1, 0.15) is 39.0 Å². The zero-order chi connectivity index (χ0) is 10.1. The molecule has 2 heteroatoms. The molecular weight excluding hydrogens is 172 g/mol. The fourth-order valence-corrected chi connectivity index (χ4v) is 3.33. The Morgan fingerprint density at radius 1 is 1.29 bits per heavy atom. The lowest BCUT2D eigenvalue weighted by molar-refractivity contribution is 0.125. The maximum absolute atomic E-state index is 3.36. The molecule has 2 saturated heterocycles. The number of nitrogens with one attached hydrogen (secondary N) is 1. The predicted octanol–water partition coefficient (Wildman–Crippen LogP) is 1.86. The monoisotopic (exact) mass is 196 g/mol. The normalized spacial score (nSPS) is 40.1. The summed E-state index contributed by atoms with van der Waals surface area (Å²) >= 11 is 0. The zero-order valence-corrected chi connectivity index (χ0v) is 9.79. The molecule has 0 amide bonds. The third-order valence-electron chi connectivity index (χ3n) is 4.38. The summed E-state index contributed by atoms with van der Waals surface area (Å²) in [4.78, 5) is 2.63. The van der Waals surface area contributed by atoms with E-state index < -0.39 is 0 Å². The highest BCUT2D eigenvalue weighted by Crippen LogP contribution is 2.38. The summed E-state index contributed by atoms with van der Waals surface area (Å²) < 4.78 is 0. The standard InChI is InChI=1S/C12H24N2/c1-9(13-2)6-10-7-11-4-5-12(8-10)14(11)3/h9-13H,4-8H2,1-3H3. The van der Waals surface area contributed by atoms with Crippen LogP contribution in [0.2, 0.25) is 0 Å². The lowest BCUT2D eigenvalue weighted by atomic mass is 9.86. The SMILES string of the molecule is CNC(C)CC1CC2CCC(C1)N2C. The van der Waals surface area contributed by atoms with Crippen LogP contribution < -0.4 is 5.32 Å². The van der Waals surface area contributed by atoms with Gasteiger partial charge in [0.15, 0.2) is 0 Å². The van der Waals surface area contributed by atoms with Gasteiger partial charge in [-0.25, -0.2) is 0 Å². The van der Waals surface area contributed by atoms with Crippen LogP contribution in [0.25, 0.3) is 0 Å². The minimum atomic E-state index is 0.697. The Labute approximate surface area is 88.1 Å². The minimum Gasteiger partial charge on any atom is -0.317 e. The molecule has 0 saturated carbocycles. The van der Waals surface area contributed by atoms with Crippen molar-refractivity contribution in [2.45, 2.75) is 57.2 Å². The van der Waals surface area contributed by atoms with E-state index in [-0.39, 0.29) is 0 Å². The molecule has 14 heavy (non-hydrogen) atoms. The molecule has 0 radical (unpaired) electrons. The van der Waals surface area contributed by atoms with Crippen molar-refractivity contribution >= 4 is 0 Å². The Bertz CT molecular complexity index is 179. The first-order valence-electron chi connectivity index (χ1n) is 6.10. The highest BCUT2D eigenvalue weighted by Gasteiger charge is 2.38. The van der Waals surface area contributed by atoms with Gasteiger partial charge in [0, 0.05) is 18.1 Å². The fraction of sp³-hybridized carbons (Fsp3) is 1.00. The molecule has 2 nitrogen and oxygen atoms in total. The van der Waals surface area contributed by atoms with E-state index >= 15 is 0 Å². The Hall–Kier alpha value is -0.0800. The molecular formula is C12H24N2. The van der Waals surface area contributed by atoms with Crippen LogP contribution in [0, 0.1) is 5.92 Å². The molecule has 0 aromatic heterocycles. The van der Waals surface area contributed by atoms with Crippen molar-refractivity contribution in [3.63, 3.8) is 0 Å². The van der Waals surface area contributed by atoms with Crippen LogP contribution in [-0.4, -0.2) is 37.1 Å². The molecule has 2 heterocycles. The minimum absolute atomic E-state index is 0.697. The Balaban J connectivity index is 1.87. The average molecular weight is 196 g/mol. The lowest BCUT2D eigenvalue weighted by Gasteiger charge is -2.37. The van der Waals surface area contributed by atoms with Crippen molar-refractivity contribution in [1.82, 2.24) is 10.2 Å².